The number of carbonyl (C=O) groups excluding carboxylic acids is 2. The van der Waals surface area contributed by atoms with Crippen molar-refractivity contribution >= 4 is 12.2 Å². The van der Waals surface area contributed by atoms with E-state index in [1.807, 2.05) is 41.5 Å². The highest BCUT2D eigenvalue weighted by atomic mass is 16.3. The highest BCUT2D eigenvalue weighted by Crippen LogP contribution is 1.93. The minimum absolute atomic E-state index is 0.108. The average Bonchev–Trinajstić information content (AvgIpc) is 2.55. The maximum absolute atomic E-state index is 11.1. The zero-order valence-corrected chi connectivity index (χ0v) is 13.8. The fraction of sp³-hybridized carbons (Fsp3) is 0.857. The van der Waals surface area contributed by atoms with Gasteiger partial charge in [-0.2, -0.15) is 0 Å². The van der Waals surface area contributed by atoms with Crippen molar-refractivity contribution < 1.29 is 19.8 Å². The normalized spacial score (nSPS) is 9.70. The predicted octanol–water partition coefficient (Wildman–Crippen LogP) is 0.841. The third kappa shape index (κ3) is 22.2. The van der Waals surface area contributed by atoms with Gasteiger partial charge in [0.25, 0.3) is 0 Å². The third-order valence-corrected chi connectivity index (χ3v) is 1.69. The monoisotopic (exact) mass is 294 g/mol. The molecule has 0 aromatic rings. The largest absolute Gasteiger partial charge is 0.394 e. The van der Waals surface area contributed by atoms with Crippen LogP contribution < -0.4 is 11.1 Å². The summed E-state index contributed by atoms with van der Waals surface area (Å²) in [5.41, 5.74) is 5.27. The molecule has 0 saturated heterocycles. The highest BCUT2D eigenvalue weighted by Gasteiger charge is 2.11. The molecule has 0 rings (SSSR count). The summed E-state index contributed by atoms with van der Waals surface area (Å²) in [6, 6.07) is -1.28. The van der Waals surface area contributed by atoms with Gasteiger partial charge in [0.05, 0.1) is 25.3 Å². The van der Waals surface area contributed by atoms with Crippen LogP contribution in [0.1, 0.15) is 54.4 Å². The summed E-state index contributed by atoms with van der Waals surface area (Å²) in [6.45, 7) is 11.4. The Morgan fingerprint density at radius 2 is 1.50 bits per heavy atom. The highest BCUT2D eigenvalue weighted by molar-refractivity contribution is 5.76. The van der Waals surface area contributed by atoms with E-state index in [-0.39, 0.29) is 32.0 Å². The summed E-state index contributed by atoms with van der Waals surface area (Å²) >= 11 is 0. The average molecular weight is 294 g/mol. The molecule has 0 aromatic carbocycles. The van der Waals surface area contributed by atoms with E-state index < -0.39 is 12.1 Å². The van der Waals surface area contributed by atoms with Crippen molar-refractivity contribution in [3.63, 3.8) is 0 Å². The second kappa shape index (κ2) is 26.6. The molecule has 5 N–H and O–H groups in total. The minimum atomic E-state index is -0.644. The molecule has 1 amide bonds. The number of aldehydes is 1. The first-order valence-corrected chi connectivity index (χ1v) is 7.36. The van der Waals surface area contributed by atoms with Crippen LogP contribution in [0.4, 0.5) is 0 Å². The van der Waals surface area contributed by atoms with Crippen molar-refractivity contribution in [3.8, 4) is 0 Å². The lowest BCUT2D eigenvalue weighted by atomic mass is 10.2. The molecule has 1 unspecified atom stereocenters. The van der Waals surface area contributed by atoms with Gasteiger partial charge in [0.1, 0.15) is 6.29 Å². The number of nitrogens with two attached hydrogens (primary N) is 1. The Morgan fingerprint density at radius 3 is 1.80 bits per heavy atom. The number of hydrogen-bond acceptors (Lipinski definition) is 5. The SMILES string of the molecule is CC.CC.CC.NC(C=O)CCC(=O)NC(CO)CO. The fourth-order valence-corrected chi connectivity index (χ4v) is 0.815. The van der Waals surface area contributed by atoms with E-state index in [1.54, 1.807) is 0 Å². The Balaban J connectivity index is -0.000000187. The number of aliphatic hydroxyl groups is 2. The first-order chi connectivity index (χ1) is 9.63. The molecule has 1 atom stereocenters. The Morgan fingerprint density at radius 1 is 1.10 bits per heavy atom. The van der Waals surface area contributed by atoms with Crippen LogP contribution in [0.2, 0.25) is 0 Å². The van der Waals surface area contributed by atoms with E-state index in [4.69, 9.17) is 15.9 Å². The minimum Gasteiger partial charge on any atom is -0.394 e. The van der Waals surface area contributed by atoms with Crippen molar-refractivity contribution in [1.29, 1.82) is 0 Å². The van der Waals surface area contributed by atoms with Crippen molar-refractivity contribution in [2.24, 2.45) is 5.73 Å². The summed E-state index contributed by atoms with van der Waals surface area (Å²) < 4.78 is 0. The topological polar surface area (TPSA) is 113 Å². The van der Waals surface area contributed by atoms with Crippen LogP contribution in [0.15, 0.2) is 0 Å². The lowest BCUT2D eigenvalue weighted by Gasteiger charge is -2.13. The third-order valence-electron chi connectivity index (χ3n) is 1.69. The first-order valence-electron chi connectivity index (χ1n) is 7.36. The van der Waals surface area contributed by atoms with Crippen LogP contribution in [0.25, 0.3) is 0 Å². The van der Waals surface area contributed by atoms with Crippen LogP contribution in [-0.4, -0.2) is 47.7 Å². The molecular weight excluding hydrogens is 260 g/mol. The molecule has 0 aromatic heterocycles. The summed E-state index contributed by atoms with van der Waals surface area (Å²) in [5.74, 6) is -0.338. The Bertz CT molecular complexity index is 186. The zero-order chi connectivity index (χ0) is 17.0. The molecular formula is C14H34N2O4. The van der Waals surface area contributed by atoms with E-state index in [9.17, 15) is 9.59 Å². The van der Waals surface area contributed by atoms with Gasteiger partial charge in [-0.05, 0) is 6.42 Å². The number of amides is 1. The molecule has 0 aliphatic rings. The number of aliphatic hydroxyl groups excluding tert-OH is 2. The molecule has 6 heteroatoms. The second-order valence-electron chi connectivity index (χ2n) is 2.97. The Labute approximate surface area is 123 Å². The van der Waals surface area contributed by atoms with Crippen LogP contribution in [-0.2, 0) is 9.59 Å². The van der Waals surface area contributed by atoms with Gasteiger partial charge in [-0.25, -0.2) is 0 Å². The molecule has 0 saturated carbocycles. The maximum Gasteiger partial charge on any atom is 0.220 e. The van der Waals surface area contributed by atoms with Crippen molar-refractivity contribution in [2.75, 3.05) is 13.2 Å². The molecule has 0 spiro atoms. The molecule has 0 aliphatic heterocycles. The fourth-order valence-electron chi connectivity index (χ4n) is 0.815. The van der Waals surface area contributed by atoms with Crippen LogP contribution in [0, 0.1) is 0 Å². The first kappa shape index (κ1) is 27.4. The van der Waals surface area contributed by atoms with Crippen molar-refractivity contribution in [1.82, 2.24) is 5.32 Å². The molecule has 0 radical (unpaired) electrons. The lowest BCUT2D eigenvalue weighted by molar-refractivity contribution is -0.122. The number of hydrogen-bond donors (Lipinski definition) is 4. The summed E-state index contributed by atoms with van der Waals surface area (Å²) in [6.07, 6.45) is 0.943. The number of carbonyl (C=O) groups is 2. The number of rotatable bonds is 7. The molecule has 0 heterocycles. The zero-order valence-electron chi connectivity index (χ0n) is 13.8. The van der Waals surface area contributed by atoms with Gasteiger partial charge < -0.3 is 26.1 Å². The molecule has 0 fully saturated rings. The summed E-state index contributed by atoms with van der Waals surface area (Å²) in [5, 5.41) is 19.7. The predicted molar refractivity (Wildman–Crippen MR) is 83.4 cm³/mol. The Hall–Kier alpha value is -0.980. The number of nitrogens with one attached hydrogen (secondary N) is 1. The van der Waals surface area contributed by atoms with Gasteiger partial charge >= 0.3 is 0 Å². The smallest absolute Gasteiger partial charge is 0.220 e. The van der Waals surface area contributed by atoms with E-state index in [0.29, 0.717) is 6.29 Å². The molecule has 6 nitrogen and oxygen atoms in total. The Kier molecular flexibility index (Phi) is 36.4. The van der Waals surface area contributed by atoms with Crippen LogP contribution in [0.5, 0.6) is 0 Å². The van der Waals surface area contributed by atoms with Gasteiger partial charge in [-0.3, -0.25) is 4.79 Å². The van der Waals surface area contributed by atoms with E-state index in [1.165, 1.54) is 0 Å². The molecule has 124 valence electrons. The van der Waals surface area contributed by atoms with Crippen molar-refractivity contribution in [3.05, 3.63) is 0 Å². The maximum atomic E-state index is 11.1. The van der Waals surface area contributed by atoms with Gasteiger partial charge in [-0.1, -0.05) is 41.5 Å². The summed E-state index contributed by atoms with van der Waals surface area (Å²) in [7, 11) is 0. The van der Waals surface area contributed by atoms with Gasteiger partial charge in [0, 0.05) is 6.42 Å². The molecule has 20 heavy (non-hydrogen) atoms. The van der Waals surface area contributed by atoms with Crippen LogP contribution >= 0.6 is 0 Å². The van der Waals surface area contributed by atoms with E-state index in [2.05, 4.69) is 5.32 Å². The van der Waals surface area contributed by atoms with Gasteiger partial charge in [0.2, 0.25) is 5.91 Å². The lowest BCUT2D eigenvalue weighted by Crippen LogP contribution is -2.40. The van der Waals surface area contributed by atoms with Gasteiger partial charge in [-0.15, -0.1) is 0 Å². The van der Waals surface area contributed by atoms with E-state index >= 15 is 0 Å². The molecule has 0 aliphatic carbocycles. The standard InChI is InChI=1S/C8H16N2O4.3C2H6/c9-6(3-11)1-2-8(14)10-7(4-12)5-13;3*1-2/h3,6-7,12-13H,1-2,4-5,9H2,(H,10,14);3*1-2H3. The van der Waals surface area contributed by atoms with E-state index in [0.717, 1.165) is 0 Å². The van der Waals surface area contributed by atoms with Crippen molar-refractivity contribution in [2.45, 2.75) is 66.5 Å². The van der Waals surface area contributed by atoms with Gasteiger partial charge in [0.15, 0.2) is 0 Å². The van der Waals surface area contributed by atoms with Crippen LogP contribution in [0.3, 0.4) is 0 Å². The summed E-state index contributed by atoms with van der Waals surface area (Å²) in [4.78, 5) is 21.2. The quantitative estimate of drug-likeness (QED) is 0.520. The molecule has 0 bridgehead atoms. The second-order valence-corrected chi connectivity index (χ2v) is 2.97.